The van der Waals surface area contributed by atoms with Gasteiger partial charge in [-0.3, -0.25) is 9.36 Å². The standard InChI is InChI=1S/C33H29ClN2O7S/c1-4-41-27(37)19-43-24-16-11-20(17-25(24)40-3)18-26-31(38)36-30(22-12-14-23(34)15-13-22)28(32(39)42-5-2)29(35-33(36)44-26)21-9-7-6-8-10-21/h6-18,30H,4-5,19H2,1-3H3/b26-18-/t30-/m1/s1. The number of aromatic nitrogens is 1. The van der Waals surface area contributed by atoms with Crippen LogP contribution in [0.5, 0.6) is 11.5 Å². The van der Waals surface area contributed by atoms with E-state index in [0.29, 0.717) is 42.7 Å². The summed E-state index contributed by atoms with van der Waals surface area (Å²) in [6.45, 7) is 3.59. The Hall–Kier alpha value is -4.67. The molecule has 2 heterocycles. The van der Waals surface area contributed by atoms with Crippen molar-refractivity contribution in [1.82, 2.24) is 4.57 Å². The first-order valence-corrected chi connectivity index (χ1v) is 15.0. The fraction of sp³-hybridized carbons (Fsp3) is 0.212. The highest BCUT2D eigenvalue weighted by Crippen LogP contribution is 2.35. The second-order valence-electron chi connectivity index (χ2n) is 9.49. The number of halogens is 1. The van der Waals surface area contributed by atoms with Gasteiger partial charge in [-0.25, -0.2) is 14.6 Å². The van der Waals surface area contributed by atoms with Gasteiger partial charge in [0.15, 0.2) is 22.9 Å². The zero-order chi connectivity index (χ0) is 31.2. The molecule has 0 saturated heterocycles. The lowest BCUT2D eigenvalue weighted by Crippen LogP contribution is -2.40. The highest BCUT2D eigenvalue weighted by atomic mass is 35.5. The lowest BCUT2D eigenvalue weighted by Gasteiger charge is -2.25. The first-order chi connectivity index (χ1) is 21.3. The molecular weight excluding hydrogens is 604 g/mol. The third-order valence-corrected chi connectivity index (χ3v) is 7.93. The Morgan fingerprint density at radius 1 is 0.977 bits per heavy atom. The molecule has 0 saturated carbocycles. The van der Waals surface area contributed by atoms with E-state index in [1.54, 1.807) is 62.4 Å². The van der Waals surface area contributed by atoms with Crippen molar-refractivity contribution < 1.29 is 28.5 Å². The minimum Gasteiger partial charge on any atom is -0.493 e. The van der Waals surface area contributed by atoms with E-state index in [4.69, 9.17) is 35.5 Å². The van der Waals surface area contributed by atoms with Crippen molar-refractivity contribution in [3.63, 3.8) is 0 Å². The summed E-state index contributed by atoms with van der Waals surface area (Å²) >= 11 is 7.40. The molecule has 5 rings (SSSR count). The molecule has 226 valence electrons. The minimum absolute atomic E-state index is 0.156. The van der Waals surface area contributed by atoms with Gasteiger partial charge < -0.3 is 18.9 Å². The molecule has 0 aliphatic carbocycles. The van der Waals surface area contributed by atoms with Crippen LogP contribution >= 0.6 is 22.9 Å². The summed E-state index contributed by atoms with van der Waals surface area (Å²) in [7, 11) is 1.48. The molecule has 0 fully saturated rings. The predicted octanol–water partition coefficient (Wildman–Crippen LogP) is 4.54. The summed E-state index contributed by atoms with van der Waals surface area (Å²) in [5.74, 6) is -0.321. The van der Waals surface area contributed by atoms with Crippen molar-refractivity contribution >= 4 is 46.6 Å². The zero-order valence-electron chi connectivity index (χ0n) is 24.2. The van der Waals surface area contributed by atoms with Crippen LogP contribution < -0.4 is 24.4 Å². The number of nitrogens with zero attached hydrogens (tertiary/aromatic N) is 2. The van der Waals surface area contributed by atoms with Crippen molar-refractivity contribution in [1.29, 1.82) is 0 Å². The average Bonchev–Trinajstić information content (AvgIpc) is 3.34. The Bertz CT molecular complexity index is 1900. The molecule has 1 atom stereocenters. The Balaban J connectivity index is 1.67. The fourth-order valence-electron chi connectivity index (χ4n) is 4.78. The van der Waals surface area contributed by atoms with Crippen LogP contribution in [0.3, 0.4) is 0 Å². The van der Waals surface area contributed by atoms with Gasteiger partial charge in [-0.15, -0.1) is 0 Å². The number of benzene rings is 3. The second-order valence-corrected chi connectivity index (χ2v) is 10.9. The number of carbonyl (C=O) groups is 2. The van der Waals surface area contributed by atoms with E-state index in [1.165, 1.54) is 23.0 Å². The molecule has 44 heavy (non-hydrogen) atoms. The summed E-state index contributed by atoms with van der Waals surface area (Å²) < 4.78 is 23.4. The molecule has 1 aliphatic rings. The van der Waals surface area contributed by atoms with Crippen molar-refractivity contribution in [2.45, 2.75) is 19.9 Å². The van der Waals surface area contributed by atoms with Gasteiger partial charge in [-0.1, -0.05) is 71.5 Å². The molecule has 11 heteroatoms. The summed E-state index contributed by atoms with van der Waals surface area (Å²) in [5, 5.41) is 0.523. The number of hydrogen-bond donors (Lipinski definition) is 0. The molecule has 0 amide bonds. The predicted molar refractivity (Wildman–Crippen MR) is 168 cm³/mol. The van der Waals surface area contributed by atoms with Crippen molar-refractivity contribution in [2.24, 2.45) is 4.99 Å². The average molecular weight is 633 g/mol. The van der Waals surface area contributed by atoms with Crippen LogP contribution in [0.1, 0.15) is 36.6 Å². The molecule has 9 nitrogen and oxygen atoms in total. The maximum atomic E-state index is 14.1. The quantitative estimate of drug-likeness (QED) is 0.236. The highest BCUT2D eigenvalue weighted by Gasteiger charge is 2.35. The van der Waals surface area contributed by atoms with Gasteiger partial charge in [0.1, 0.15) is 0 Å². The number of thiazole rings is 1. The van der Waals surface area contributed by atoms with Crippen LogP contribution in [0.2, 0.25) is 5.02 Å². The lowest BCUT2D eigenvalue weighted by atomic mass is 9.93. The number of methoxy groups -OCH3 is 1. The first-order valence-electron chi connectivity index (χ1n) is 13.8. The molecule has 1 aliphatic heterocycles. The second kappa shape index (κ2) is 13.7. The van der Waals surface area contributed by atoms with Gasteiger partial charge in [0, 0.05) is 10.6 Å². The van der Waals surface area contributed by atoms with E-state index in [0.717, 1.165) is 5.56 Å². The summed E-state index contributed by atoms with van der Waals surface area (Å²) in [6, 6.07) is 20.6. The van der Waals surface area contributed by atoms with E-state index >= 15 is 0 Å². The van der Waals surface area contributed by atoms with Crippen LogP contribution in [0.25, 0.3) is 11.8 Å². The van der Waals surface area contributed by atoms with Crippen molar-refractivity contribution in [2.75, 3.05) is 26.9 Å². The van der Waals surface area contributed by atoms with E-state index in [-0.39, 0.29) is 31.0 Å². The van der Waals surface area contributed by atoms with Gasteiger partial charge in [0.2, 0.25) is 0 Å². The lowest BCUT2D eigenvalue weighted by molar-refractivity contribution is -0.145. The molecule has 0 unspecified atom stereocenters. The normalized spacial score (nSPS) is 14.5. The number of esters is 2. The Morgan fingerprint density at radius 2 is 1.70 bits per heavy atom. The Morgan fingerprint density at radius 3 is 2.39 bits per heavy atom. The zero-order valence-corrected chi connectivity index (χ0v) is 25.8. The summed E-state index contributed by atoms with van der Waals surface area (Å²) in [5.41, 5.74) is 2.41. The number of hydrogen-bond acceptors (Lipinski definition) is 9. The molecule has 4 aromatic rings. The van der Waals surface area contributed by atoms with Crippen LogP contribution in [-0.4, -0.2) is 43.4 Å². The van der Waals surface area contributed by atoms with Crippen molar-refractivity contribution in [3.8, 4) is 11.5 Å². The first kappa shape index (κ1) is 30.8. The molecule has 0 N–H and O–H groups in total. The summed E-state index contributed by atoms with van der Waals surface area (Å²) in [6.07, 6.45) is 1.72. The smallest absolute Gasteiger partial charge is 0.344 e. The van der Waals surface area contributed by atoms with Gasteiger partial charge in [-0.05, 0) is 55.3 Å². The van der Waals surface area contributed by atoms with Crippen LogP contribution in [0.15, 0.2) is 88.2 Å². The van der Waals surface area contributed by atoms with Crippen molar-refractivity contribution in [3.05, 3.63) is 120 Å². The number of rotatable bonds is 10. The highest BCUT2D eigenvalue weighted by molar-refractivity contribution is 7.07. The minimum atomic E-state index is -0.812. The van der Waals surface area contributed by atoms with E-state index in [2.05, 4.69) is 0 Å². The number of fused-ring (bicyclic) bond motifs is 1. The monoisotopic (exact) mass is 632 g/mol. The molecule has 0 spiro atoms. The van der Waals surface area contributed by atoms with E-state index < -0.39 is 18.0 Å². The van der Waals surface area contributed by atoms with Gasteiger partial charge in [0.25, 0.3) is 5.56 Å². The van der Waals surface area contributed by atoms with Crippen LogP contribution in [0.4, 0.5) is 0 Å². The number of ether oxygens (including phenoxy) is 4. The molecule has 0 radical (unpaired) electrons. The molecule has 0 bridgehead atoms. The van der Waals surface area contributed by atoms with Crippen LogP contribution in [-0.2, 0) is 19.1 Å². The third kappa shape index (κ3) is 6.46. The number of carbonyl (C=O) groups excluding carboxylic acids is 2. The molecule has 3 aromatic carbocycles. The fourth-order valence-corrected chi connectivity index (χ4v) is 5.91. The van der Waals surface area contributed by atoms with Gasteiger partial charge in [0.05, 0.1) is 42.2 Å². The SMILES string of the molecule is CCOC(=O)COc1ccc(/C=c2\sc3n(c2=O)[C@H](c2ccc(Cl)cc2)C(C(=O)OCC)=C(c2ccccc2)N=3)cc1OC. The van der Waals surface area contributed by atoms with E-state index in [1.807, 2.05) is 30.3 Å². The van der Waals surface area contributed by atoms with Gasteiger partial charge in [-0.2, -0.15) is 0 Å². The topological polar surface area (TPSA) is 105 Å². The molecule has 1 aromatic heterocycles. The Kier molecular flexibility index (Phi) is 9.62. The largest absolute Gasteiger partial charge is 0.493 e. The molecular formula is C33H29ClN2O7S. The summed E-state index contributed by atoms with van der Waals surface area (Å²) in [4.78, 5) is 44.6. The Labute approximate surface area is 262 Å². The van der Waals surface area contributed by atoms with E-state index in [9.17, 15) is 14.4 Å². The van der Waals surface area contributed by atoms with Gasteiger partial charge >= 0.3 is 11.9 Å². The maximum Gasteiger partial charge on any atom is 0.344 e. The maximum absolute atomic E-state index is 14.1. The van der Waals surface area contributed by atoms with Crippen LogP contribution in [0, 0.1) is 0 Å². The third-order valence-electron chi connectivity index (χ3n) is 6.70.